The van der Waals surface area contributed by atoms with Gasteiger partial charge in [0.15, 0.2) is 6.23 Å². The van der Waals surface area contributed by atoms with Gasteiger partial charge in [0.2, 0.25) is 0 Å². The Bertz CT molecular complexity index is 1150. The summed E-state index contributed by atoms with van der Waals surface area (Å²) in [6.07, 6.45) is -2.46. The topological polar surface area (TPSA) is 184 Å². The highest BCUT2D eigenvalue weighted by atomic mass is 31.2. The number of nitrogens with two attached hydrogens (primary N) is 1. The summed E-state index contributed by atoms with van der Waals surface area (Å²) < 4.78 is 35.9. The number of H-pyrrole nitrogens is 1. The number of nitrogens with one attached hydrogen (secondary N) is 2. The van der Waals surface area contributed by atoms with Crippen molar-refractivity contribution >= 4 is 13.7 Å². The molecule has 1 aliphatic heterocycles. The van der Waals surface area contributed by atoms with Crippen molar-refractivity contribution in [2.24, 2.45) is 5.73 Å². The Labute approximate surface area is 194 Å². The molecule has 5 atom stereocenters. The molecule has 1 fully saturated rings. The monoisotopic (exact) mass is 498 g/mol. The fourth-order valence-electron chi connectivity index (χ4n) is 3.31. The molecule has 1 aromatic heterocycles. The number of aromatic nitrogens is 2. The van der Waals surface area contributed by atoms with Crippen LogP contribution in [0.5, 0.6) is 5.75 Å². The Hall–Kier alpha value is -2.80. The number of hydrogen-bond donors (Lipinski definition) is 4. The number of ether oxygens (including phenoxy) is 2. The van der Waals surface area contributed by atoms with E-state index in [1.165, 1.54) is 13.1 Å². The Balaban J connectivity index is 1.76. The van der Waals surface area contributed by atoms with Gasteiger partial charge in [0.1, 0.15) is 24.5 Å². The third kappa shape index (κ3) is 6.00. The number of aliphatic hydroxyl groups is 1. The molecule has 34 heavy (non-hydrogen) atoms. The zero-order chi connectivity index (χ0) is 24.9. The summed E-state index contributed by atoms with van der Waals surface area (Å²) in [4.78, 5) is 37.4. The van der Waals surface area contributed by atoms with Crippen LogP contribution in [-0.4, -0.2) is 58.1 Å². The SMILES string of the molecule is CCOC(=O)CNP(=O)(OCC1OC(n2ccc(=O)[nH]c2=O)C(C)(N)C1O)Oc1ccccc1. The molecule has 5 N–H and O–H groups in total. The van der Waals surface area contributed by atoms with Gasteiger partial charge in [0.25, 0.3) is 5.56 Å². The summed E-state index contributed by atoms with van der Waals surface area (Å²) in [6, 6.07) is 9.23. The van der Waals surface area contributed by atoms with Gasteiger partial charge in [0, 0.05) is 12.3 Å². The standard InChI is InChI=1S/C20H27N4O9P/c1-3-30-16(26)11-22-34(29,33-13-7-5-4-6-8-13)31-12-14-17(27)20(2,21)18(32-14)24-10-9-15(25)23-19(24)28/h4-10,14,17-18,27H,3,11-12,21H2,1-2H3,(H,22,29)(H,23,25,28). The quantitative estimate of drug-likeness (QED) is 0.253. The van der Waals surface area contributed by atoms with E-state index in [2.05, 4.69) is 10.1 Å². The maximum absolute atomic E-state index is 13.3. The third-order valence-corrected chi connectivity index (χ3v) is 6.51. The zero-order valence-corrected chi connectivity index (χ0v) is 19.5. The van der Waals surface area contributed by atoms with Crippen molar-refractivity contribution in [3.63, 3.8) is 0 Å². The lowest BCUT2D eigenvalue weighted by atomic mass is 9.93. The predicted octanol–water partition coefficient (Wildman–Crippen LogP) is -0.131. The van der Waals surface area contributed by atoms with Crippen LogP contribution >= 0.6 is 7.75 Å². The van der Waals surface area contributed by atoms with Gasteiger partial charge >= 0.3 is 19.4 Å². The highest BCUT2D eigenvalue weighted by Gasteiger charge is 2.52. The first kappa shape index (κ1) is 25.8. The molecule has 0 radical (unpaired) electrons. The molecule has 3 rings (SSSR count). The lowest BCUT2D eigenvalue weighted by Crippen LogP contribution is -2.53. The van der Waals surface area contributed by atoms with E-state index in [0.717, 1.165) is 10.6 Å². The van der Waals surface area contributed by atoms with Crippen LogP contribution < -0.4 is 26.6 Å². The summed E-state index contributed by atoms with van der Waals surface area (Å²) >= 11 is 0. The van der Waals surface area contributed by atoms with E-state index >= 15 is 0 Å². The van der Waals surface area contributed by atoms with Gasteiger partial charge in [-0.25, -0.2) is 14.4 Å². The number of rotatable bonds is 10. The lowest BCUT2D eigenvalue weighted by molar-refractivity contribution is -0.141. The van der Waals surface area contributed by atoms with Gasteiger partial charge in [-0.3, -0.25) is 23.7 Å². The molecule has 0 aliphatic carbocycles. The molecule has 5 unspecified atom stereocenters. The second kappa shape index (κ2) is 10.6. The minimum atomic E-state index is -4.15. The molecule has 0 spiro atoms. The number of carbonyl (C=O) groups is 1. The van der Waals surface area contributed by atoms with Crippen molar-refractivity contribution < 1.29 is 33.0 Å². The average Bonchev–Trinajstić information content (AvgIpc) is 3.01. The largest absolute Gasteiger partial charge is 0.465 e. The van der Waals surface area contributed by atoms with Crippen molar-refractivity contribution in [3.8, 4) is 5.75 Å². The van der Waals surface area contributed by atoms with Crippen LogP contribution in [-0.2, 0) is 23.4 Å². The highest BCUT2D eigenvalue weighted by molar-refractivity contribution is 7.52. The fourth-order valence-corrected chi connectivity index (χ4v) is 4.58. The van der Waals surface area contributed by atoms with Gasteiger partial charge in [-0.2, -0.15) is 0 Å². The van der Waals surface area contributed by atoms with Crippen molar-refractivity contribution in [1.29, 1.82) is 0 Å². The van der Waals surface area contributed by atoms with Crippen LogP contribution in [0.15, 0.2) is 52.2 Å². The maximum atomic E-state index is 13.3. The molecular weight excluding hydrogens is 471 g/mol. The first-order chi connectivity index (χ1) is 16.1. The van der Waals surface area contributed by atoms with Crippen molar-refractivity contribution in [1.82, 2.24) is 14.6 Å². The number of aromatic amines is 1. The first-order valence-electron chi connectivity index (χ1n) is 10.4. The van der Waals surface area contributed by atoms with E-state index in [-0.39, 0.29) is 12.4 Å². The maximum Gasteiger partial charge on any atom is 0.459 e. The zero-order valence-electron chi connectivity index (χ0n) is 18.6. The predicted molar refractivity (Wildman–Crippen MR) is 119 cm³/mol. The summed E-state index contributed by atoms with van der Waals surface area (Å²) in [6.45, 7) is 2.28. The highest BCUT2D eigenvalue weighted by Crippen LogP contribution is 2.45. The van der Waals surface area contributed by atoms with E-state index in [1.54, 1.807) is 37.3 Å². The molecule has 14 heteroatoms. The van der Waals surface area contributed by atoms with E-state index in [9.17, 15) is 24.1 Å². The van der Waals surface area contributed by atoms with E-state index in [1.807, 2.05) is 0 Å². The fraction of sp³-hybridized carbons (Fsp3) is 0.450. The summed E-state index contributed by atoms with van der Waals surface area (Å²) in [5.41, 5.74) is 3.37. The molecule has 0 bridgehead atoms. The number of carbonyl (C=O) groups excluding carboxylic acids is 1. The number of nitrogens with zero attached hydrogens (tertiary/aromatic N) is 1. The van der Waals surface area contributed by atoms with Crippen molar-refractivity contribution in [2.75, 3.05) is 19.8 Å². The molecule has 2 heterocycles. The van der Waals surface area contributed by atoms with Crippen LogP contribution in [0.4, 0.5) is 0 Å². The van der Waals surface area contributed by atoms with Gasteiger partial charge < -0.3 is 24.8 Å². The van der Waals surface area contributed by atoms with Gasteiger partial charge in [-0.05, 0) is 26.0 Å². The second-order valence-corrected chi connectivity index (χ2v) is 9.44. The lowest BCUT2D eigenvalue weighted by Gasteiger charge is -2.28. The molecule has 186 valence electrons. The first-order valence-corrected chi connectivity index (χ1v) is 11.9. The number of para-hydroxylation sites is 1. The third-order valence-electron chi connectivity index (χ3n) is 5.03. The van der Waals surface area contributed by atoms with E-state index < -0.39 is 62.1 Å². The van der Waals surface area contributed by atoms with Crippen LogP contribution in [0.1, 0.15) is 20.1 Å². The van der Waals surface area contributed by atoms with Crippen LogP contribution in [0, 0.1) is 0 Å². The normalized spacial score (nSPS) is 26.1. The van der Waals surface area contributed by atoms with E-state index in [4.69, 9.17) is 24.3 Å². The van der Waals surface area contributed by atoms with Crippen molar-refractivity contribution in [3.05, 3.63) is 63.4 Å². The Kier molecular flexibility index (Phi) is 8.08. The number of esters is 1. The molecule has 1 aliphatic rings. The number of benzene rings is 1. The number of aliphatic hydroxyl groups excluding tert-OH is 1. The van der Waals surface area contributed by atoms with Crippen LogP contribution in [0.2, 0.25) is 0 Å². The minimum absolute atomic E-state index is 0.133. The van der Waals surface area contributed by atoms with Crippen LogP contribution in [0.3, 0.4) is 0 Å². The molecule has 13 nitrogen and oxygen atoms in total. The Morgan fingerprint density at radius 3 is 2.68 bits per heavy atom. The Morgan fingerprint density at radius 2 is 2.03 bits per heavy atom. The molecule has 2 aromatic rings. The summed E-state index contributed by atoms with van der Waals surface area (Å²) in [5, 5.41) is 13.1. The molecule has 1 aromatic carbocycles. The molecule has 0 amide bonds. The molecule has 0 saturated carbocycles. The number of hydrogen-bond acceptors (Lipinski definition) is 10. The van der Waals surface area contributed by atoms with Crippen LogP contribution in [0.25, 0.3) is 0 Å². The van der Waals surface area contributed by atoms with Gasteiger partial charge in [-0.1, -0.05) is 18.2 Å². The summed E-state index contributed by atoms with van der Waals surface area (Å²) in [7, 11) is -4.15. The smallest absolute Gasteiger partial charge is 0.459 e. The second-order valence-electron chi connectivity index (χ2n) is 7.69. The van der Waals surface area contributed by atoms with Gasteiger partial charge in [0.05, 0.1) is 18.8 Å². The minimum Gasteiger partial charge on any atom is -0.465 e. The van der Waals surface area contributed by atoms with Crippen molar-refractivity contribution in [2.45, 2.75) is 37.8 Å². The summed E-state index contributed by atoms with van der Waals surface area (Å²) in [5.74, 6) is -0.469. The molecule has 1 saturated heterocycles. The molecular formula is C20H27N4O9P. The van der Waals surface area contributed by atoms with Gasteiger partial charge in [-0.15, -0.1) is 0 Å². The average molecular weight is 498 g/mol. The Morgan fingerprint density at radius 1 is 1.32 bits per heavy atom. The van der Waals surface area contributed by atoms with E-state index in [0.29, 0.717) is 0 Å².